The zero-order valence-corrected chi connectivity index (χ0v) is 42.5. The van der Waals surface area contributed by atoms with E-state index in [-0.39, 0.29) is 4.90 Å². The first-order chi connectivity index (χ1) is 64.3. The van der Waals surface area contributed by atoms with Crippen LogP contribution in [-0.2, 0) is 16.2 Å². The Morgan fingerprint density at radius 2 is 0.624 bits per heavy atom. The van der Waals surface area contributed by atoms with Crippen molar-refractivity contribution in [2.45, 2.75) is 36.8 Å². The molecule has 0 bridgehead atoms. The summed E-state index contributed by atoms with van der Waals surface area (Å²) in [6.07, 6.45) is 0. The van der Waals surface area contributed by atoms with Crippen LogP contribution in [0, 0.1) is 20.6 Å². The number of fused-ring (bicyclic) bond motifs is 30. The second kappa shape index (κ2) is 16.7. The van der Waals surface area contributed by atoms with Crippen LogP contribution >= 0.6 is 0 Å². The van der Waals surface area contributed by atoms with Crippen LogP contribution < -0.4 is 4.90 Å². The van der Waals surface area contributed by atoms with Crippen molar-refractivity contribution in [3.63, 3.8) is 0 Å². The molecule has 2 unspecified atom stereocenters. The molecule has 0 aliphatic heterocycles. The summed E-state index contributed by atoms with van der Waals surface area (Å²) in [6, 6.07) is -62.8. The third kappa shape index (κ3) is 5.65. The van der Waals surface area contributed by atoms with Gasteiger partial charge in [-0.15, -0.1) is 0 Å². The van der Waals surface area contributed by atoms with Gasteiger partial charge in [0.05, 0.1) is 95.0 Å². The summed E-state index contributed by atoms with van der Waals surface area (Å²) in [5, 5.41) is 0. The fourth-order valence-corrected chi connectivity index (χ4v) is 13.9. The van der Waals surface area contributed by atoms with Gasteiger partial charge in [0, 0.05) is 29.0 Å². The van der Waals surface area contributed by atoms with Crippen molar-refractivity contribution in [3.8, 4) is 77.9 Å². The summed E-state index contributed by atoms with van der Waals surface area (Å²) in [5.74, 6) is 0. The molecule has 13 aromatic carbocycles. The van der Waals surface area contributed by atoms with Crippen LogP contribution in [0.2, 0.25) is 0 Å². The maximum Gasteiger partial charge on any atom is 0.0726 e. The van der Waals surface area contributed by atoms with Gasteiger partial charge in [-0.1, -0.05) is 265 Å². The molecule has 0 saturated carbocycles. The molecule has 13 aromatic rings. The molecule has 2 atom stereocenters. The highest BCUT2D eigenvalue weighted by Crippen LogP contribution is 2.70. The van der Waals surface area contributed by atoms with E-state index >= 15 is 0 Å². The van der Waals surface area contributed by atoms with Crippen LogP contribution in [0.5, 0.6) is 0 Å². The van der Waals surface area contributed by atoms with Gasteiger partial charge in [-0.05, 0) is 178 Å². The van der Waals surface area contributed by atoms with Gasteiger partial charge >= 0.3 is 0 Å². The lowest BCUT2D eigenvalue weighted by atomic mass is 9.70. The minimum Gasteiger partial charge on any atom is -0.309 e. The van der Waals surface area contributed by atoms with Crippen molar-refractivity contribution in [1.82, 2.24) is 0 Å². The van der Waals surface area contributed by atoms with Gasteiger partial charge < -0.3 is 4.90 Å². The largest absolute Gasteiger partial charge is 0.309 e. The van der Waals surface area contributed by atoms with Gasteiger partial charge in [-0.25, -0.2) is 0 Å². The standard InChI is InChI=1S/C84H55N/c1-50-39-42-59-60-44-41-54(53-21-5-4-6-22-53)49-74(60)84(72(59)45-50)69-34-18-12-28-62(69)80-71(84)36-20-38-77(80)85(76-37-19-35-70-79(76)61-27-11-17-33-68(61)82(70)64-29-13-7-23-55(64)56-24-8-14-30-65(56)82)78-48-52(3)47-75-81(78)63-43-40-51(2)46-73(63)83(75)66-31-15-9-25-57(66)58-26-10-16-32-67(58)83/h4-49H,1-3H3/i1D3,2D3,3D3,4D,5D,6D,7D,8D,9D,10D,11D,12D,13D,14D,15D,16D,17D,18D,19D,20D,21D,22D,23D,25D,26D,27D,28D,29D,30D,31D,32D,33D,34D,35D,36D,37D,38D,39D,40D,41D,42D,43D,44D,45D,46D,47D,48D,49D. The number of hydrogen-bond donors (Lipinski definition) is 0. The summed E-state index contributed by atoms with van der Waals surface area (Å²) in [5.41, 5.74) is -52.5. The first-order valence-electron chi connectivity index (χ1n) is 52.7. The highest BCUT2D eigenvalue weighted by molar-refractivity contribution is 6.09. The van der Waals surface area contributed by atoms with Gasteiger partial charge in [0.2, 0.25) is 0 Å². The summed E-state index contributed by atoms with van der Waals surface area (Å²) in [7, 11) is 0. The Labute approximate surface area is 572 Å². The van der Waals surface area contributed by atoms with E-state index in [2.05, 4.69) is 0 Å². The molecule has 6 aliphatic carbocycles. The number of nitrogens with zero attached hydrogens (tertiary/aromatic N) is 1. The molecule has 0 amide bonds. The minimum atomic E-state index is -4.33. The lowest BCUT2D eigenvalue weighted by molar-refractivity contribution is 0.791. The molecule has 85 heavy (non-hydrogen) atoms. The molecule has 0 fully saturated rings. The molecule has 396 valence electrons. The first kappa shape index (κ1) is 18.8. The summed E-state index contributed by atoms with van der Waals surface area (Å²) >= 11 is 0. The zero-order valence-electron chi connectivity index (χ0n) is 96.5. The van der Waals surface area contributed by atoms with Gasteiger partial charge in [0.1, 0.15) is 0 Å². The lowest BCUT2D eigenvalue weighted by Gasteiger charge is -2.35. The molecule has 19 rings (SSSR count). The third-order valence-electron chi connectivity index (χ3n) is 16.8. The minimum absolute atomic E-state index is 0.116. The Balaban J connectivity index is 1.19. The first-order valence-corrected chi connectivity index (χ1v) is 25.7. The smallest absolute Gasteiger partial charge is 0.0726 e. The number of benzene rings is 13. The van der Waals surface area contributed by atoms with Gasteiger partial charge in [0.25, 0.3) is 0 Å². The Bertz CT molecular complexity index is 8160. The molecule has 1 heteroatoms. The summed E-state index contributed by atoms with van der Waals surface area (Å²) in [6.45, 7) is -12.2. The van der Waals surface area contributed by atoms with E-state index in [9.17, 15) is 61.7 Å². The van der Waals surface area contributed by atoms with Crippen molar-refractivity contribution in [3.05, 3.63) is 361 Å². The highest BCUT2D eigenvalue weighted by atomic mass is 15.2. The van der Waals surface area contributed by atoms with Crippen LogP contribution in [0.1, 0.15) is 157 Å². The zero-order chi connectivity index (χ0) is 103. The van der Waals surface area contributed by atoms with E-state index in [1.807, 2.05) is 0 Å². The average molecular weight is 1130 g/mol. The second-order valence-electron chi connectivity index (χ2n) is 20.3. The molecule has 0 radical (unpaired) electrons. The number of rotatable bonds is 4. The average Bonchev–Trinajstić information content (AvgIpc) is 1.47. The van der Waals surface area contributed by atoms with Crippen LogP contribution in [-0.4, -0.2) is 0 Å². The Hall–Kier alpha value is -10.3. The predicted octanol–water partition coefficient (Wildman–Crippen LogP) is 20.8. The van der Waals surface area contributed by atoms with E-state index in [0.717, 1.165) is 6.07 Å². The monoisotopic (exact) mass is 1130 g/mol. The van der Waals surface area contributed by atoms with E-state index in [1.54, 1.807) is 0 Å². The lowest BCUT2D eigenvalue weighted by Crippen LogP contribution is -2.27. The van der Waals surface area contributed by atoms with Crippen molar-refractivity contribution in [2.75, 3.05) is 4.90 Å². The fraction of sp³-hybridized carbons (Fsp3) is 0.0714. The van der Waals surface area contributed by atoms with Crippen LogP contribution in [0.3, 0.4) is 0 Å². The van der Waals surface area contributed by atoms with Crippen molar-refractivity contribution < 1.29 is 74.0 Å². The van der Waals surface area contributed by atoms with E-state index in [4.69, 9.17) is 12.3 Å². The molecule has 0 aromatic heterocycles. The molecular formula is C84H55N. The maximum atomic E-state index is 11.4. The number of anilines is 3. The summed E-state index contributed by atoms with van der Waals surface area (Å²) < 4.78 is 537. The van der Waals surface area contributed by atoms with E-state index in [1.165, 1.54) is 0 Å². The Kier molecular flexibility index (Phi) is 3.70. The SMILES string of the molecule is [2H]c1cc2c(c([2H])c1[2H])C1(c3c([2H])c([2H])c([2H])c([2H])c3-2)c2c([2H])c([2H])c([2H])c([2H])c2-c2c(N(c3c([2H])c([2H])c([2H])c4c3-c3c([2H])c([2H])c([2H])c([2H])c3C43c4c([2H])c(-c5c([2H])c([2H])c([2H])c([2H])c5[2H])c([2H])c([2H])c4-c4c([2H])c([2H])c(C([2H])([2H])[2H])c([2H])c43)c3c([2H])c(C([2H])([2H])[2H])c([2H])c4c3-c3c([2H])c([2H])c(C([2H])([2H])[2H])c([2H])c3C43c4c([2H])c([2H])c([2H])c([2H])c4-c4c([2H])c([2H])c([2H])c([2H])c43)c([2H])c([2H])c([2H])c21. The molecule has 0 heterocycles. The fourth-order valence-electron chi connectivity index (χ4n) is 13.9. The van der Waals surface area contributed by atoms with Gasteiger partial charge in [-0.2, -0.15) is 0 Å². The molecular weight excluding hydrogens is 1020 g/mol. The highest BCUT2D eigenvalue weighted by Gasteiger charge is 2.57. The van der Waals surface area contributed by atoms with Crippen molar-refractivity contribution in [1.29, 1.82) is 0 Å². The topological polar surface area (TPSA) is 3.24 Å². The quantitative estimate of drug-likeness (QED) is 0.170. The Morgan fingerprint density at radius 1 is 0.247 bits per heavy atom. The Morgan fingerprint density at radius 3 is 1.20 bits per heavy atom. The molecule has 3 spiro atoms. The molecule has 6 aliphatic rings. The van der Waals surface area contributed by atoms with Crippen molar-refractivity contribution >= 4 is 17.1 Å². The normalized spacial score (nSPS) is 26.5. The van der Waals surface area contributed by atoms with Crippen LogP contribution in [0.4, 0.5) is 17.1 Å². The maximum absolute atomic E-state index is 11.4. The van der Waals surface area contributed by atoms with Gasteiger partial charge in [-0.3, -0.25) is 0 Å². The van der Waals surface area contributed by atoms with E-state index in [0.29, 0.717) is 0 Å². The molecule has 0 saturated heterocycles. The van der Waals surface area contributed by atoms with Crippen LogP contribution in [0.15, 0.2) is 278 Å². The molecule has 0 N–H and O–H groups in total. The van der Waals surface area contributed by atoms with Crippen molar-refractivity contribution in [2.24, 2.45) is 0 Å². The third-order valence-corrected chi connectivity index (χ3v) is 16.8. The number of hydrogen-bond acceptors (Lipinski definition) is 1. The molecule has 1 nitrogen and oxygen atoms in total. The predicted molar refractivity (Wildman–Crippen MR) is 350 cm³/mol. The van der Waals surface area contributed by atoms with E-state index < -0.39 is 487 Å². The second-order valence-corrected chi connectivity index (χ2v) is 20.3. The summed E-state index contributed by atoms with van der Waals surface area (Å²) in [4.78, 5) is 0.116. The van der Waals surface area contributed by atoms with Gasteiger partial charge in [0.15, 0.2) is 0 Å². The van der Waals surface area contributed by atoms with Crippen LogP contribution in [0.25, 0.3) is 77.9 Å².